The number of amides is 2. The van der Waals surface area contributed by atoms with E-state index >= 15 is 0 Å². The van der Waals surface area contributed by atoms with Crippen molar-refractivity contribution in [2.45, 2.75) is 39.0 Å². The second-order valence-electron chi connectivity index (χ2n) is 5.32. The summed E-state index contributed by atoms with van der Waals surface area (Å²) in [5.41, 5.74) is -0.562. The van der Waals surface area contributed by atoms with Crippen LogP contribution in [-0.4, -0.2) is 22.2 Å². The van der Waals surface area contributed by atoms with Crippen molar-refractivity contribution in [1.29, 1.82) is 0 Å². The second-order valence-corrected chi connectivity index (χ2v) is 5.32. The number of aryl methyl sites for hydroxylation is 1. The molecule has 1 atom stereocenters. The SMILES string of the molecule is Cc1nc(CNC(=O)N[C@@H](C)Cc2ccccc2C(F)(F)F)no1. The summed E-state index contributed by atoms with van der Waals surface area (Å²) < 4.78 is 43.6. The molecular formula is C15H17F3N4O2. The summed E-state index contributed by atoms with van der Waals surface area (Å²) in [5.74, 6) is 0.696. The largest absolute Gasteiger partial charge is 0.416 e. The van der Waals surface area contributed by atoms with Gasteiger partial charge in [0.15, 0.2) is 5.82 Å². The Labute approximate surface area is 136 Å². The molecule has 0 bridgehead atoms. The van der Waals surface area contributed by atoms with Crippen LogP contribution in [0.15, 0.2) is 28.8 Å². The van der Waals surface area contributed by atoms with Crippen molar-refractivity contribution in [1.82, 2.24) is 20.8 Å². The monoisotopic (exact) mass is 342 g/mol. The van der Waals surface area contributed by atoms with Crippen LogP contribution in [0.25, 0.3) is 0 Å². The Morgan fingerprint density at radius 1 is 1.33 bits per heavy atom. The number of benzene rings is 1. The molecule has 24 heavy (non-hydrogen) atoms. The smallest absolute Gasteiger partial charge is 0.340 e. The molecule has 0 aliphatic carbocycles. The summed E-state index contributed by atoms with van der Waals surface area (Å²) in [7, 11) is 0. The second kappa shape index (κ2) is 7.33. The molecule has 0 radical (unpaired) electrons. The van der Waals surface area contributed by atoms with Gasteiger partial charge in [-0.3, -0.25) is 0 Å². The quantitative estimate of drug-likeness (QED) is 0.876. The Balaban J connectivity index is 1.89. The lowest BCUT2D eigenvalue weighted by Crippen LogP contribution is -2.41. The molecule has 2 rings (SSSR count). The third-order valence-electron chi connectivity index (χ3n) is 3.20. The fraction of sp³-hybridized carbons (Fsp3) is 0.400. The normalized spacial score (nSPS) is 12.7. The van der Waals surface area contributed by atoms with Gasteiger partial charge in [0.1, 0.15) is 0 Å². The number of aromatic nitrogens is 2. The first kappa shape index (κ1) is 17.8. The Hall–Kier alpha value is -2.58. The highest BCUT2D eigenvalue weighted by molar-refractivity contribution is 5.74. The van der Waals surface area contributed by atoms with E-state index < -0.39 is 23.8 Å². The van der Waals surface area contributed by atoms with Gasteiger partial charge in [0.25, 0.3) is 0 Å². The molecule has 0 aliphatic heterocycles. The third kappa shape index (κ3) is 4.97. The molecule has 0 fully saturated rings. The Morgan fingerprint density at radius 3 is 2.67 bits per heavy atom. The number of carbonyl (C=O) groups excluding carboxylic acids is 1. The Morgan fingerprint density at radius 2 is 2.04 bits per heavy atom. The summed E-state index contributed by atoms with van der Waals surface area (Å²) >= 11 is 0. The minimum Gasteiger partial charge on any atom is -0.340 e. The molecule has 1 aromatic heterocycles. The number of hydrogen-bond acceptors (Lipinski definition) is 4. The summed E-state index contributed by atoms with van der Waals surface area (Å²) in [5, 5.41) is 8.72. The zero-order valence-corrected chi connectivity index (χ0v) is 13.1. The highest BCUT2D eigenvalue weighted by Gasteiger charge is 2.33. The van der Waals surface area contributed by atoms with Crippen molar-refractivity contribution in [3.05, 3.63) is 47.1 Å². The number of halogens is 3. The average Bonchev–Trinajstić information content (AvgIpc) is 2.90. The van der Waals surface area contributed by atoms with Gasteiger partial charge in [-0.25, -0.2) is 4.79 Å². The maximum Gasteiger partial charge on any atom is 0.416 e. The lowest BCUT2D eigenvalue weighted by atomic mass is 10.0. The van der Waals surface area contributed by atoms with Gasteiger partial charge >= 0.3 is 12.2 Å². The van der Waals surface area contributed by atoms with Crippen molar-refractivity contribution < 1.29 is 22.5 Å². The predicted molar refractivity (Wildman–Crippen MR) is 79.0 cm³/mol. The summed E-state index contributed by atoms with van der Waals surface area (Å²) in [4.78, 5) is 15.7. The minimum atomic E-state index is -4.42. The van der Waals surface area contributed by atoms with Crippen molar-refractivity contribution in [2.24, 2.45) is 0 Å². The van der Waals surface area contributed by atoms with Crippen molar-refractivity contribution in [2.75, 3.05) is 0 Å². The highest BCUT2D eigenvalue weighted by Crippen LogP contribution is 2.32. The maximum absolute atomic E-state index is 12.9. The number of hydrogen-bond donors (Lipinski definition) is 2. The van der Waals surface area contributed by atoms with Crippen LogP contribution in [0, 0.1) is 6.92 Å². The number of alkyl halides is 3. The number of urea groups is 1. The van der Waals surface area contributed by atoms with E-state index in [1.54, 1.807) is 13.8 Å². The van der Waals surface area contributed by atoms with E-state index in [2.05, 4.69) is 20.8 Å². The first-order valence-corrected chi connectivity index (χ1v) is 7.24. The van der Waals surface area contributed by atoms with Crippen LogP contribution in [0.3, 0.4) is 0 Å². The van der Waals surface area contributed by atoms with E-state index in [0.717, 1.165) is 6.07 Å². The molecule has 0 spiro atoms. The average molecular weight is 342 g/mol. The molecular weight excluding hydrogens is 325 g/mol. The summed E-state index contributed by atoms with van der Waals surface area (Å²) in [6, 6.07) is 4.30. The summed E-state index contributed by atoms with van der Waals surface area (Å²) in [6.45, 7) is 3.32. The van der Waals surface area contributed by atoms with Gasteiger partial charge in [-0.2, -0.15) is 18.2 Å². The molecule has 6 nitrogen and oxygen atoms in total. The van der Waals surface area contributed by atoms with Gasteiger partial charge in [-0.1, -0.05) is 23.4 Å². The lowest BCUT2D eigenvalue weighted by Gasteiger charge is -2.17. The molecule has 0 saturated heterocycles. The van der Waals surface area contributed by atoms with Crippen molar-refractivity contribution in [3.8, 4) is 0 Å². The van der Waals surface area contributed by atoms with E-state index in [-0.39, 0.29) is 18.5 Å². The maximum atomic E-state index is 12.9. The molecule has 0 aliphatic rings. The van der Waals surface area contributed by atoms with Crippen LogP contribution in [0.4, 0.5) is 18.0 Å². The van der Waals surface area contributed by atoms with Crippen LogP contribution < -0.4 is 10.6 Å². The zero-order chi connectivity index (χ0) is 17.7. The van der Waals surface area contributed by atoms with Gasteiger partial charge in [0.05, 0.1) is 12.1 Å². The van der Waals surface area contributed by atoms with Gasteiger partial charge in [-0.15, -0.1) is 0 Å². The fourth-order valence-corrected chi connectivity index (χ4v) is 2.20. The van der Waals surface area contributed by atoms with E-state index in [1.807, 2.05) is 0 Å². The number of nitrogens with zero attached hydrogens (tertiary/aromatic N) is 2. The van der Waals surface area contributed by atoms with Crippen LogP contribution in [0.5, 0.6) is 0 Å². The van der Waals surface area contributed by atoms with Gasteiger partial charge in [0, 0.05) is 13.0 Å². The van der Waals surface area contributed by atoms with E-state index in [9.17, 15) is 18.0 Å². The van der Waals surface area contributed by atoms with E-state index in [0.29, 0.717) is 11.7 Å². The van der Waals surface area contributed by atoms with Gasteiger partial charge in [-0.05, 0) is 25.0 Å². The zero-order valence-electron chi connectivity index (χ0n) is 13.1. The molecule has 2 aromatic rings. The fourth-order valence-electron chi connectivity index (χ4n) is 2.20. The molecule has 9 heteroatoms. The van der Waals surface area contributed by atoms with E-state index in [4.69, 9.17) is 4.52 Å². The lowest BCUT2D eigenvalue weighted by molar-refractivity contribution is -0.138. The summed E-state index contributed by atoms with van der Waals surface area (Å²) in [6.07, 6.45) is -4.36. The van der Waals surface area contributed by atoms with Gasteiger partial charge < -0.3 is 15.2 Å². The first-order valence-electron chi connectivity index (χ1n) is 7.24. The van der Waals surface area contributed by atoms with Gasteiger partial charge in [0.2, 0.25) is 5.89 Å². The van der Waals surface area contributed by atoms with Crippen LogP contribution in [0.2, 0.25) is 0 Å². The van der Waals surface area contributed by atoms with E-state index in [1.165, 1.54) is 18.2 Å². The molecule has 2 amide bonds. The Bertz CT molecular complexity index is 700. The standard InChI is InChI=1S/C15H17F3N4O2/c1-9(7-11-5-3-4-6-12(11)15(16,17)18)20-14(23)19-8-13-21-10(2)24-22-13/h3-6,9H,7-8H2,1-2H3,(H2,19,20,23)/t9-/m0/s1. The van der Waals surface area contributed by atoms with Crippen molar-refractivity contribution >= 4 is 6.03 Å². The molecule has 0 unspecified atom stereocenters. The van der Waals surface area contributed by atoms with Crippen molar-refractivity contribution in [3.63, 3.8) is 0 Å². The number of carbonyl (C=O) groups is 1. The van der Waals surface area contributed by atoms with Crippen LogP contribution in [0.1, 0.15) is 29.8 Å². The topological polar surface area (TPSA) is 80.0 Å². The molecule has 130 valence electrons. The minimum absolute atomic E-state index is 0.0599. The molecule has 2 N–H and O–H groups in total. The van der Waals surface area contributed by atoms with Crippen LogP contribution >= 0.6 is 0 Å². The first-order chi connectivity index (χ1) is 11.3. The van der Waals surface area contributed by atoms with Crippen LogP contribution in [-0.2, 0) is 19.1 Å². The number of nitrogens with one attached hydrogen (secondary N) is 2. The molecule has 1 aromatic carbocycles. The Kier molecular flexibility index (Phi) is 5.42. The highest BCUT2D eigenvalue weighted by atomic mass is 19.4. The number of rotatable bonds is 5. The molecule has 1 heterocycles. The predicted octanol–water partition coefficient (Wildman–Crippen LogP) is 2.83. The third-order valence-corrected chi connectivity index (χ3v) is 3.20. The molecule has 0 saturated carbocycles.